The number of fused-ring (bicyclic) bond motifs is 1. The zero-order valence-corrected chi connectivity index (χ0v) is 19.1. The van der Waals surface area contributed by atoms with Gasteiger partial charge in [0, 0.05) is 50.7 Å². The van der Waals surface area contributed by atoms with Crippen molar-refractivity contribution in [2.45, 2.75) is 25.7 Å². The fourth-order valence-corrected chi connectivity index (χ4v) is 4.75. The van der Waals surface area contributed by atoms with Crippen LogP contribution in [0, 0.1) is 5.92 Å². The van der Waals surface area contributed by atoms with Crippen molar-refractivity contribution in [2.24, 2.45) is 5.92 Å². The molecule has 2 amide bonds. The summed E-state index contributed by atoms with van der Waals surface area (Å²) in [6, 6.07) is 10.2. The van der Waals surface area contributed by atoms with E-state index in [1.807, 2.05) is 23.2 Å². The molecule has 7 heteroatoms. The van der Waals surface area contributed by atoms with Gasteiger partial charge in [0.25, 0.3) is 0 Å². The molecule has 2 aromatic rings. The zero-order valence-electron chi connectivity index (χ0n) is 19.1. The summed E-state index contributed by atoms with van der Waals surface area (Å²) in [5, 5.41) is 4.19. The highest BCUT2D eigenvalue weighted by Gasteiger charge is 2.26. The zero-order chi connectivity index (χ0) is 22.3. The van der Waals surface area contributed by atoms with E-state index in [1.165, 1.54) is 0 Å². The maximum atomic E-state index is 12.6. The minimum Gasteiger partial charge on any atom is -0.355 e. The van der Waals surface area contributed by atoms with E-state index in [9.17, 15) is 9.59 Å². The van der Waals surface area contributed by atoms with Gasteiger partial charge in [0.15, 0.2) is 0 Å². The number of aromatic nitrogens is 1. The Kier molecular flexibility index (Phi) is 7.71. The summed E-state index contributed by atoms with van der Waals surface area (Å²) in [6.45, 7) is 6.47. The van der Waals surface area contributed by atoms with Crippen molar-refractivity contribution in [3.8, 4) is 0 Å². The minimum absolute atomic E-state index is 0.0742. The quantitative estimate of drug-likeness (QED) is 0.715. The highest BCUT2D eigenvalue weighted by molar-refractivity contribution is 5.82. The number of amides is 2. The topological polar surface area (TPSA) is 68.8 Å². The Morgan fingerprint density at radius 1 is 1.03 bits per heavy atom. The fraction of sp³-hybridized carbons (Fsp3) is 0.560. The Morgan fingerprint density at radius 2 is 1.78 bits per heavy atom. The van der Waals surface area contributed by atoms with Crippen molar-refractivity contribution in [1.29, 1.82) is 0 Å². The molecular weight excluding hydrogens is 402 g/mol. The van der Waals surface area contributed by atoms with Gasteiger partial charge in [0.1, 0.15) is 0 Å². The molecule has 7 nitrogen and oxygen atoms in total. The molecule has 1 N–H and O–H groups in total. The average Bonchev–Trinajstić information content (AvgIpc) is 2.81. The van der Waals surface area contributed by atoms with E-state index in [-0.39, 0.29) is 5.91 Å². The molecule has 4 rings (SSSR count). The molecule has 1 aromatic carbocycles. The maximum absolute atomic E-state index is 12.6. The lowest BCUT2D eigenvalue weighted by molar-refractivity contribution is -0.134. The molecule has 2 aliphatic heterocycles. The van der Waals surface area contributed by atoms with Crippen molar-refractivity contribution < 1.29 is 9.59 Å². The Hall–Kier alpha value is -2.51. The second kappa shape index (κ2) is 10.9. The van der Waals surface area contributed by atoms with Gasteiger partial charge in [-0.15, -0.1) is 0 Å². The van der Waals surface area contributed by atoms with E-state index in [0.717, 1.165) is 75.0 Å². The van der Waals surface area contributed by atoms with E-state index < -0.39 is 0 Å². The van der Waals surface area contributed by atoms with Gasteiger partial charge in [-0.3, -0.25) is 19.5 Å². The van der Waals surface area contributed by atoms with Gasteiger partial charge in [0.05, 0.1) is 12.1 Å². The Bertz CT molecular complexity index is 912. The molecule has 3 heterocycles. The predicted octanol–water partition coefficient (Wildman–Crippen LogP) is 1.77. The number of hydrogen-bond acceptors (Lipinski definition) is 5. The number of carbonyl (C=O) groups is 2. The Labute approximate surface area is 190 Å². The van der Waals surface area contributed by atoms with Crippen molar-refractivity contribution in [2.75, 3.05) is 59.4 Å². The summed E-state index contributed by atoms with van der Waals surface area (Å²) in [5.74, 6) is 0.822. The second-order valence-electron chi connectivity index (χ2n) is 9.20. The van der Waals surface area contributed by atoms with Crippen LogP contribution in [0.5, 0.6) is 0 Å². The van der Waals surface area contributed by atoms with E-state index in [2.05, 4.69) is 45.3 Å². The fourth-order valence-electron chi connectivity index (χ4n) is 4.75. The maximum Gasteiger partial charge on any atom is 0.234 e. The number of carbonyl (C=O) groups excluding carboxylic acids is 2. The SMILES string of the molecule is CN1CCN(C(=O)CC2CCN(CC(=O)NCCc3cccc4cccnc34)CC2)CC1. The molecule has 1 aromatic heterocycles. The summed E-state index contributed by atoms with van der Waals surface area (Å²) in [7, 11) is 2.11. The van der Waals surface area contributed by atoms with Gasteiger partial charge < -0.3 is 15.1 Å². The van der Waals surface area contributed by atoms with Crippen molar-refractivity contribution in [3.63, 3.8) is 0 Å². The van der Waals surface area contributed by atoms with Gasteiger partial charge in [-0.05, 0) is 56.9 Å². The lowest BCUT2D eigenvalue weighted by atomic mass is 9.93. The van der Waals surface area contributed by atoms with Crippen LogP contribution in [-0.2, 0) is 16.0 Å². The first-order valence-electron chi connectivity index (χ1n) is 11.9. The molecule has 2 aliphatic rings. The van der Waals surface area contributed by atoms with Crippen LogP contribution in [0.3, 0.4) is 0 Å². The Morgan fingerprint density at radius 3 is 2.56 bits per heavy atom. The molecule has 32 heavy (non-hydrogen) atoms. The average molecular weight is 438 g/mol. The van der Waals surface area contributed by atoms with Crippen LogP contribution < -0.4 is 5.32 Å². The molecular formula is C25H35N5O2. The van der Waals surface area contributed by atoms with Gasteiger partial charge in [-0.25, -0.2) is 0 Å². The molecule has 0 spiro atoms. The lowest BCUT2D eigenvalue weighted by Gasteiger charge is -2.35. The van der Waals surface area contributed by atoms with Crippen LogP contribution in [0.25, 0.3) is 10.9 Å². The number of likely N-dealkylation sites (tertiary alicyclic amines) is 1. The van der Waals surface area contributed by atoms with Crippen LogP contribution >= 0.6 is 0 Å². The predicted molar refractivity (Wildman–Crippen MR) is 126 cm³/mol. The van der Waals surface area contributed by atoms with Crippen LogP contribution in [0.15, 0.2) is 36.5 Å². The number of nitrogens with zero attached hydrogens (tertiary/aromatic N) is 4. The minimum atomic E-state index is 0.0742. The molecule has 2 fully saturated rings. The van der Waals surface area contributed by atoms with Crippen molar-refractivity contribution in [1.82, 2.24) is 25.0 Å². The number of pyridine rings is 1. The number of likely N-dealkylation sites (N-methyl/N-ethyl adjacent to an activating group) is 1. The number of para-hydroxylation sites is 1. The highest BCUT2D eigenvalue weighted by Crippen LogP contribution is 2.22. The number of hydrogen-bond donors (Lipinski definition) is 1. The molecule has 172 valence electrons. The lowest BCUT2D eigenvalue weighted by Crippen LogP contribution is -2.48. The number of piperidine rings is 1. The number of piperazine rings is 1. The normalized spacial score (nSPS) is 18.7. The Balaban J connectivity index is 1.14. The molecule has 2 saturated heterocycles. The summed E-state index contributed by atoms with van der Waals surface area (Å²) in [5.41, 5.74) is 2.17. The first-order valence-corrected chi connectivity index (χ1v) is 11.9. The molecule has 0 radical (unpaired) electrons. The third-order valence-electron chi connectivity index (χ3n) is 6.83. The van der Waals surface area contributed by atoms with E-state index >= 15 is 0 Å². The smallest absolute Gasteiger partial charge is 0.234 e. The largest absolute Gasteiger partial charge is 0.355 e. The highest BCUT2D eigenvalue weighted by atomic mass is 16.2. The van der Waals surface area contributed by atoms with E-state index in [4.69, 9.17) is 0 Å². The summed E-state index contributed by atoms with van der Waals surface area (Å²) in [6.07, 6.45) is 5.23. The van der Waals surface area contributed by atoms with Gasteiger partial charge in [-0.2, -0.15) is 0 Å². The summed E-state index contributed by atoms with van der Waals surface area (Å²) in [4.78, 5) is 36.0. The number of nitrogens with one attached hydrogen (secondary N) is 1. The summed E-state index contributed by atoms with van der Waals surface area (Å²) >= 11 is 0. The third-order valence-corrected chi connectivity index (χ3v) is 6.83. The van der Waals surface area contributed by atoms with Gasteiger partial charge in [0.2, 0.25) is 11.8 Å². The van der Waals surface area contributed by atoms with Crippen LogP contribution in [0.4, 0.5) is 0 Å². The van der Waals surface area contributed by atoms with Crippen LogP contribution in [-0.4, -0.2) is 90.9 Å². The van der Waals surface area contributed by atoms with Crippen LogP contribution in [0.1, 0.15) is 24.8 Å². The molecule has 0 unspecified atom stereocenters. The standard InChI is InChI=1S/C25H35N5O2/c1-28-14-16-30(17-15-28)24(32)18-20-8-12-29(13-9-20)19-23(31)26-11-7-22-5-2-4-21-6-3-10-27-25(21)22/h2-6,10,20H,7-9,11-19H2,1H3,(H,26,31). The van der Waals surface area contributed by atoms with Crippen molar-refractivity contribution in [3.05, 3.63) is 42.1 Å². The van der Waals surface area contributed by atoms with E-state index in [1.54, 1.807) is 0 Å². The van der Waals surface area contributed by atoms with Crippen LogP contribution in [0.2, 0.25) is 0 Å². The first kappa shape index (κ1) is 22.7. The van der Waals surface area contributed by atoms with E-state index in [0.29, 0.717) is 31.3 Å². The molecule has 0 atom stereocenters. The van der Waals surface area contributed by atoms with Gasteiger partial charge >= 0.3 is 0 Å². The number of benzene rings is 1. The monoisotopic (exact) mass is 437 g/mol. The second-order valence-corrected chi connectivity index (χ2v) is 9.20. The molecule has 0 bridgehead atoms. The number of rotatable bonds is 7. The molecule has 0 aliphatic carbocycles. The first-order chi connectivity index (χ1) is 15.6. The van der Waals surface area contributed by atoms with Gasteiger partial charge in [-0.1, -0.05) is 24.3 Å². The molecule has 0 saturated carbocycles. The third kappa shape index (κ3) is 6.04. The van der Waals surface area contributed by atoms with Crippen molar-refractivity contribution >= 4 is 22.7 Å². The summed E-state index contributed by atoms with van der Waals surface area (Å²) < 4.78 is 0.